The highest BCUT2D eigenvalue weighted by molar-refractivity contribution is 4.79. The molecule has 0 fully saturated rings. The lowest BCUT2D eigenvalue weighted by molar-refractivity contribution is -0.0579. The Kier molecular flexibility index (Phi) is 10.9. The highest BCUT2D eigenvalue weighted by Crippen LogP contribution is 2.11. The third-order valence-corrected chi connectivity index (χ3v) is 2.52. The SMILES string of the molecule is C=C[C@H](CCCCCC[C@H](C)O)OCOC. The molecule has 0 bridgehead atoms. The first-order chi connectivity index (χ1) is 7.70. The molecule has 2 atom stereocenters. The number of unbranched alkanes of at least 4 members (excludes halogenated alkanes) is 3. The van der Waals surface area contributed by atoms with Gasteiger partial charge in [0.15, 0.2) is 0 Å². The molecule has 0 saturated carbocycles. The summed E-state index contributed by atoms with van der Waals surface area (Å²) in [6.45, 7) is 5.91. The molecule has 0 aliphatic rings. The van der Waals surface area contributed by atoms with Gasteiger partial charge in [0, 0.05) is 7.11 Å². The zero-order chi connectivity index (χ0) is 12.2. The standard InChI is InChI=1S/C13H26O3/c1-4-13(16-11-15-3)10-8-6-5-7-9-12(2)14/h4,12-14H,1,5-11H2,2-3H3/t12-,13+/m0/s1. The molecule has 0 aromatic carbocycles. The minimum absolute atomic E-state index is 0.108. The zero-order valence-electron chi connectivity index (χ0n) is 10.7. The van der Waals surface area contributed by atoms with Gasteiger partial charge in [-0.1, -0.05) is 31.8 Å². The van der Waals surface area contributed by atoms with Crippen molar-refractivity contribution in [1.29, 1.82) is 0 Å². The van der Waals surface area contributed by atoms with Crippen LogP contribution in [0.15, 0.2) is 12.7 Å². The highest BCUT2D eigenvalue weighted by atomic mass is 16.7. The van der Waals surface area contributed by atoms with Crippen molar-refractivity contribution in [3.8, 4) is 0 Å². The second-order valence-electron chi connectivity index (χ2n) is 4.19. The molecular formula is C13H26O3. The Morgan fingerprint density at radius 3 is 2.31 bits per heavy atom. The van der Waals surface area contributed by atoms with E-state index in [4.69, 9.17) is 14.6 Å². The van der Waals surface area contributed by atoms with Crippen molar-refractivity contribution in [3.63, 3.8) is 0 Å². The quantitative estimate of drug-likeness (QED) is 0.337. The lowest BCUT2D eigenvalue weighted by Gasteiger charge is -2.12. The van der Waals surface area contributed by atoms with Gasteiger partial charge in [-0.2, -0.15) is 0 Å². The van der Waals surface area contributed by atoms with E-state index in [2.05, 4.69) is 6.58 Å². The van der Waals surface area contributed by atoms with Gasteiger partial charge in [-0.15, -0.1) is 6.58 Å². The molecule has 1 N–H and O–H groups in total. The first-order valence-electron chi connectivity index (χ1n) is 6.11. The highest BCUT2D eigenvalue weighted by Gasteiger charge is 2.03. The molecule has 0 aliphatic carbocycles. The van der Waals surface area contributed by atoms with Gasteiger partial charge in [0.05, 0.1) is 12.2 Å². The Labute approximate surface area is 99.5 Å². The molecule has 96 valence electrons. The minimum Gasteiger partial charge on any atom is -0.393 e. The summed E-state index contributed by atoms with van der Waals surface area (Å²) in [5.74, 6) is 0. The summed E-state index contributed by atoms with van der Waals surface area (Å²) >= 11 is 0. The van der Waals surface area contributed by atoms with E-state index < -0.39 is 0 Å². The van der Waals surface area contributed by atoms with Crippen LogP contribution in [0.5, 0.6) is 0 Å². The van der Waals surface area contributed by atoms with Gasteiger partial charge in [0.2, 0.25) is 0 Å². The normalized spacial score (nSPS) is 14.7. The molecule has 0 rings (SSSR count). The van der Waals surface area contributed by atoms with E-state index in [0.29, 0.717) is 6.79 Å². The molecule has 0 saturated heterocycles. The minimum atomic E-state index is -0.161. The molecule has 0 aliphatic heterocycles. The van der Waals surface area contributed by atoms with Crippen LogP contribution in [0.4, 0.5) is 0 Å². The number of aliphatic hydroxyl groups excluding tert-OH is 1. The van der Waals surface area contributed by atoms with Crippen LogP contribution in [0, 0.1) is 0 Å². The van der Waals surface area contributed by atoms with Gasteiger partial charge in [0.1, 0.15) is 6.79 Å². The average Bonchev–Trinajstić information content (AvgIpc) is 2.26. The van der Waals surface area contributed by atoms with Crippen molar-refractivity contribution in [2.24, 2.45) is 0 Å². The van der Waals surface area contributed by atoms with Crippen molar-refractivity contribution in [2.45, 2.75) is 57.7 Å². The van der Waals surface area contributed by atoms with E-state index >= 15 is 0 Å². The van der Waals surface area contributed by atoms with Crippen molar-refractivity contribution < 1.29 is 14.6 Å². The molecule has 0 aromatic rings. The third-order valence-electron chi connectivity index (χ3n) is 2.52. The molecule has 3 nitrogen and oxygen atoms in total. The first kappa shape index (κ1) is 15.6. The van der Waals surface area contributed by atoms with Crippen LogP contribution in [0.1, 0.15) is 45.4 Å². The summed E-state index contributed by atoms with van der Waals surface area (Å²) in [4.78, 5) is 0. The third kappa shape index (κ3) is 10.1. The largest absolute Gasteiger partial charge is 0.393 e. The Bertz CT molecular complexity index is 157. The number of aliphatic hydroxyl groups is 1. The molecule has 3 heteroatoms. The Hall–Kier alpha value is -0.380. The zero-order valence-corrected chi connectivity index (χ0v) is 10.7. The van der Waals surface area contributed by atoms with Crippen LogP contribution < -0.4 is 0 Å². The van der Waals surface area contributed by atoms with Crippen LogP contribution in [0.2, 0.25) is 0 Å². The molecule has 0 heterocycles. The topological polar surface area (TPSA) is 38.7 Å². The van der Waals surface area contributed by atoms with Crippen LogP contribution in [-0.2, 0) is 9.47 Å². The second-order valence-corrected chi connectivity index (χ2v) is 4.19. The summed E-state index contributed by atoms with van der Waals surface area (Å²) in [5, 5.41) is 9.09. The fourth-order valence-corrected chi connectivity index (χ4v) is 1.56. The Balaban J connectivity index is 3.30. The van der Waals surface area contributed by atoms with E-state index in [0.717, 1.165) is 25.7 Å². The lowest BCUT2D eigenvalue weighted by atomic mass is 10.1. The van der Waals surface area contributed by atoms with E-state index in [1.807, 2.05) is 13.0 Å². The van der Waals surface area contributed by atoms with Gasteiger partial charge in [-0.25, -0.2) is 0 Å². The van der Waals surface area contributed by atoms with Crippen LogP contribution >= 0.6 is 0 Å². The van der Waals surface area contributed by atoms with E-state index in [1.54, 1.807) is 7.11 Å². The van der Waals surface area contributed by atoms with Gasteiger partial charge >= 0.3 is 0 Å². The predicted octanol–water partition coefficient (Wildman–Crippen LogP) is 2.88. The molecule has 16 heavy (non-hydrogen) atoms. The maximum atomic E-state index is 9.09. The van der Waals surface area contributed by atoms with Gasteiger partial charge < -0.3 is 14.6 Å². The number of ether oxygens (including phenoxy) is 2. The van der Waals surface area contributed by atoms with Crippen molar-refractivity contribution in [3.05, 3.63) is 12.7 Å². The van der Waals surface area contributed by atoms with Gasteiger partial charge in [-0.05, 0) is 19.8 Å². The summed E-state index contributed by atoms with van der Waals surface area (Å²) in [7, 11) is 1.62. The molecule has 0 aromatic heterocycles. The van der Waals surface area contributed by atoms with Gasteiger partial charge in [-0.3, -0.25) is 0 Å². The summed E-state index contributed by atoms with van der Waals surface area (Å²) in [6.07, 6.45) is 8.30. The fraction of sp³-hybridized carbons (Fsp3) is 0.846. The van der Waals surface area contributed by atoms with Crippen LogP contribution in [0.25, 0.3) is 0 Å². The predicted molar refractivity (Wildman–Crippen MR) is 66.3 cm³/mol. The summed E-state index contributed by atoms with van der Waals surface area (Å²) < 4.78 is 10.3. The summed E-state index contributed by atoms with van der Waals surface area (Å²) in [5.41, 5.74) is 0. The molecule has 0 unspecified atom stereocenters. The first-order valence-corrected chi connectivity index (χ1v) is 6.11. The van der Waals surface area contributed by atoms with Crippen molar-refractivity contribution >= 4 is 0 Å². The number of hydrogen-bond donors (Lipinski definition) is 1. The fourth-order valence-electron chi connectivity index (χ4n) is 1.56. The summed E-state index contributed by atoms with van der Waals surface area (Å²) in [6, 6.07) is 0. The maximum absolute atomic E-state index is 9.09. The monoisotopic (exact) mass is 230 g/mol. The van der Waals surface area contributed by atoms with Crippen LogP contribution in [0.3, 0.4) is 0 Å². The van der Waals surface area contributed by atoms with E-state index in [9.17, 15) is 0 Å². The number of rotatable bonds is 11. The van der Waals surface area contributed by atoms with E-state index in [-0.39, 0.29) is 12.2 Å². The lowest BCUT2D eigenvalue weighted by Crippen LogP contribution is -2.11. The van der Waals surface area contributed by atoms with Crippen molar-refractivity contribution in [1.82, 2.24) is 0 Å². The smallest absolute Gasteiger partial charge is 0.147 e. The van der Waals surface area contributed by atoms with Crippen molar-refractivity contribution in [2.75, 3.05) is 13.9 Å². The number of methoxy groups -OCH3 is 1. The Morgan fingerprint density at radius 2 is 1.81 bits per heavy atom. The maximum Gasteiger partial charge on any atom is 0.147 e. The van der Waals surface area contributed by atoms with Gasteiger partial charge in [0.25, 0.3) is 0 Å². The van der Waals surface area contributed by atoms with Crippen LogP contribution in [-0.4, -0.2) is 31.2 Å². The second kappa shape index (κ2) is 11.1. The average molecular weight is 230 g/mol. The molecule has 0 spiro atoms. The molecule has 0 radical (unpaired) electrons. The molecule has 0 amide bonds. The Morgan fingerprint density at radius 1 is 1.19 bits per heavy atom. The molecular weight excluding hydrogens is 204 g/mol. The van der Waals surface area contributed by atoms with E-state index in [1.165, 1.54) is 12.8 Å². The number of hydrogen-bond acceptors (Lipinski definition) is 3.